The van der Waals surface area contributed by atoms with E-state index in [2.05, 4.69) is 5.32 Å². The summed E-state index contributed by atoms with van der Waals surface area (Å²) in [5.41, 5.74) is 0.535. The molecule has 0 radical (unpaired) electrons. The zero-order chi connectivity index (χ0) is 21.8. The number of halogens is 2. The van der Waals surface area contributed by atoms with Gasteiger partial charge in [-0.2, -0.15) is 0 Å². The predicted octanol–water partition coefficient (Wildman–Crippen LogP) is 2.27. The summed E-state index contributed by atoms with van der Waals surface area (Å²) in [6.07, 6.45) is -0.673. The Kier molecular flexibility index (Phi) is 7.34. The normalized spacial score (nSPS) is 13.3. The lowest BCUT2D eigenvalue weighted by molar-refractivity contribution is 0.0967. The fourth-order valence-corrected chi connectivity index (χ4v) is 3.27. The van der Waals surface area contributed by atoms with E-state index in [9.17, 15) is 22.3 Å². The van der Waals surface area contributed by atoms with Crippen LogP contribution < -0.4 is 15.2 Å². The van der Waals surface area contributed by atoms with Gasteiger partial charge in [0.1, 0.15) is 18.5 Å². The van der Waals surface area contributed by atoms with Gasteiger partial charge in [0, 0.05) is 12.1 Å². The number of nitrogens with two attached hydrogens (primary N) is 1. The lowest BCUT2D eigenvalue weighted by Gasteiger charge is -2.28. The largest absolute Gasteiger partial charge is 0.488 e. The van der Waals surface area contributed by atoms with E-state index in [1.807, 2.05) is 13.8 Å². The highest BCUT2D eigenvalue weighted by molar-refractivity contribution is 7.89. The molecule has 0 aromatic heterocycles. The summed E-state index contributed by atoms with van der Waals surface area (Å²) in [6.45, 7) is 5.46. The molecule has 2 rings (SSSR count). The number of primary sulfonamides is 1. The Bertz CT molecular complexity index is 965. The first-order chi connectivity index (χ1) is 13.4. The van der Waals surface area contributed by atoms with Crippen molar-refractivity contribution in [2.45, 2.75) is 43.7 Å². The average molecular weight is 429 g/mol. The van der Waals surface area contributed by atoms with Crippen molar-refractivity contribution in [3.05, 3.63) is 59.2 Å². The van der Waals surface area contributed by atoms with Gasteiger partial charge in [-0.25, -0.2) is 22.3 Å². The molecule has 1 atom stereocenters. The minimum absolute atomic E-state index is 0.0697. The molecule has 0 saturated heterocycles. The molecule has 0 heterocycles. The first-order valence-corrected chi connectivity index (χ1v) is 10.6. The highest BCUT2D eigenvalue weighted by atomic mass is 32.2. The second-order valence-electron chi connectivity index (χ2n) is 7.64. The van der Waals surface area contributed by atoms with Crippen molar-refractivity contribution in [2.24, 2.45) is 5.14 Å². The summed E-state index contributed by atoms with van der Waals surface area (Å²) in [7, 11) is -3.97. The molecule has 2 aromatic rings. The number of rotatable bonds is 9. The third-order valence-electron chi connectivity index (χ3n) is 4.32. The number of β-amino-alcohol motifs (C(OH)–C–C–N with tert-alkyl or cyclic N) is 1. The van der Waals surface area contributed by atoms with Crippen molar-refractivity contribution in [1.82, 2.24) is 5.32 Å². The van der Waals surface area contributed by atoms with Crippen molar-refractivity contribution >= 4 is 10.0 Å². The third-order valence-corrected chi connectivity index (χ3v) is 5.23. The SMILES string of the molecule is Cc1ccc(F)c(OC[C@@H](O)CNC(C)(C)Cc2ccc(S(N)(=O)=O)cc2F)c1. The first kappa shape index (κ1) is 23.2. The van der Waals surface area contributed by atoms with E-state index in [1.165, 1.54) is 18.2 Å². The van der Waals surface area contributed by atoms with E-state index >= 15 is 0 Å². The summed E-state index contributed by atoms with van der Waals surface area (Å²) in [5, 5.41) is 18.2. The maximum Gasteiger partial charge on any atom is 0.238 e. The van der Waals surface area contributed by atoms with Crippen LogP contribution in [0, 0.1) is 18.6 Å². The molecule has 6 nitrogen and oxygen atoms in total. The number of hydrogen-bond acceptors (Lipinski definition) is 5. The molecule has 29 heavy (non-hydrogen) atoms. The zero-order valence-corrected chi connectivity index (χ0v) is 17.4. The van der Waals surface area contributed by atoms with Crippen molar-refractivity contribution in [3.63, 3.8) is 0 Å². The van der Waals surface area contributed by atoms with E-state index in [1.54, 1.807) is 19.1 Å². The highest BCUT2D eigenvalue weighted by Gasteiger charge is 2.22. The molecule has 0 fully saturated rings. The van der Waals surface area contributed by atoms with Gasteiger partial charge in [0.05, 0.1) is 4.90 Å². The van der Waals surface area contributed by atoms with Gasteiger partial charge >= 0.3 is 0 Å². The fraction of sp³-hybridized carbons (Fsp3) is 0.400. The maximum atomic E-state index is 14.2. The topological polar surface area (TPSA) is 102 Å². The maximum absolute atomic E-state index is 14.2. The van der Waals surface area contributed by atoms with Gasteiger partial charge in [0.2, 0.25) is 10.0 Å². The minimum Gasteiger partial charge on any atom is -0.488 e. The molecule has 4 N–H and O–H groups in total. The number of nitrogens with one attached hydrogen (secondary N) is 1. The summed E-state index contributed by atoms with van der Waals surface area (Å²) >= 11 is 0. The molecule has 0 aliphatic heterocycles. The van der Waals surface area contributed by atoms with Gasteiger partial charge in [0.15, 0.2) is 11.6 Å². The van der Waals surface area contributed by atoms with Crippen molar-refractivity contribution in [2.75, 3.05) is 13.2 Å². The predicted molar refractivity (Wildman–Crippen MR) is 106 cm³/mol. The van der Waals surface area contributed by atoms with Crippen LogP contribution in [0.5, 0.6) is 5.75 Å². The van der Waals surface area contributed by atoms with Crippen LogP contribution in [0.4, 0.5) is 8.78 Å². The van der Waals surface area contributed by atoms with Gasteiger partial charge in [-0.3, -0.25) is 0 Å². The smallest absolute Gasteiger partial charge is 0.238 e. The number of aryl methyl sites for hydroxylation is 1. The Morgan fingerprint density at radius 1 is 1.17 bits per heavy atom. The van der Waals surface area contributed by atoms with Crippen molar-refractivity contribution in [1.29, 1.82) is 0 Å². The second kappa shape index (κ2) is 9.17. The van der Waals surface area contributed by atoms with Crippen molar-refractivity contribution < 1.29 is 27.0 Å². The van der Waals surface area contributed by atoms with Crippen LogP contribution in [0.25, 0.3) is 0 Å². The zero-order valence-electron chi connectivity index (χ0n) is 16.6. The molecule has 9 heteroatoms. The summed E-state index contributed by atoms with van der Waals surface area (Å²) in [5.74, 6) is -1.11. The molecule has 160 valence electrons. The molecular formula is C20H26F2N2O4S. The van der Waals surface area contributed by atoms with Crippen molar-refractivity contribution in [3.8, 4) is 5.75 Å². The molecule has 0 aliphatic carbocycles. The Morgan fingerprint density at radius 2 is 1.86 bits per heavy atom. The van der Waals surface area contributed by atoms with Crippen LogP contribution in [-0.2, 0) is 16.4 Å². The number of aliphatic hydroxyl groups excluding tert-OH is 1. The summed E-state index contributed by atoms with van der Waals surface area (Å²) in [6, 6.07) is 7.99. The van der Waals surface area contributed by atoms with Crippen LogP contribution in [0.3, 0.4) is 0 Å². The summed E-state index contributed by atoms with van der Waals surface area (Å²) in [4.78, 5) is -0.291. The lowest BCUT2D eigenvalue weighted by Crippen LogP contribution is -2.46. The van der Waals surface area contributed by atoms with Crippen LogP contribution in [0.15, 0.2) is 41.3 Å². The molecule has 0 bridgehead atoms. The number of benzene rings is 2. The van der Waals surface area contributed by atoms with Gasteiger partial charge in [-0.15, -0.1) is 0 Å². The first-order valence-electron chi connectivity index (χ1n) is 9.01. The fourth-order valence-electron chi connectivity index (χ4n) is 2.75. The molecular weight excluding hydrogens is 402 g/mol. The van der Waals surface area contributed by atoms with E-state index in [4.69, 9.17) is 9.88 Å². The molecule has 2 aromatic carbocycles. The molecule has 0 spiro atoms. The molecule has 0 saturated carbocycles. The Labute approximate surface area is 169 Å². The quantitative estimate of drug-likeness (QED) is 0.569. The Morgan fingerprint density at radius 3 is 2.48 bits per heavy atom. The third kappa shape index (κ3) is 7.04. The monoisotopic (exact) mass is 428 g/mol. The number of hydrogen-bond donors (Lipinski definition) is 3. The van der Waals surface area contributed by atoms with Gasteiger partial charge in [-0.05, 0) is 62.6 Å². The molecule has 0 unspecified atom stereocenters. The number of aliphatic hydroxyl groups is 1. The number of sulfonamides is 1. The molecule has 0 amide bonds. The van der Waals surface area contributed by atoms with Crippen LogP contribution >= 0.6 is 0 Å². The standard InChI is InChI=1S/C20H26F2N2O4S/c1-13-4-7-17(21)19(8-13)28-12-15(25)11-24-20(2,3)10-14-5-6-16(9-18(14)22)29(23,26)27/h4-9,15,24-25H,10-12H2,1-3H3,(H2,23,26,27)/t15-/m0/s1. The summed E-state index contributed by atoms with van der Waals surface area (Å²) < 4.78 is 55.8. The van der Waals surface area contributed by atoms with Crippen LogP contribution in [-0.4, -0.2) is 38.3 Å². The van der Waals surface area contributed by atoms with E-state index in [-0.39, 0.29) is 30.2 Å². The van der Waals surface area contributed by atoms with Crippen LogP contribution in [0.2, 0.25) is 0 Å². The Balaban J connectivity index is 1.91. The van der Waals surface area contributed by atoms with Crippen LogP contribution in [0.1, 0.15) is 25.0 Å². The highest BCUT2D eigenvalue weighted by Crippen LogP contribution is 2.20. The van der Waals surface area contributed by atoms with Gasteiger partial charge in [0.25, 0.3) is 0 Å². The van der Waals surface area contributed by atoms with E-state index in [0.29, 0.717) is 5.56 Å². The number of ether oxygens (including phenoxy) is 1. The lowest BCUT2D eigenvalue weighted by atomic mass is 9.94. The minimum atomic E-state index is -3.97. The van der Waals surface area contributed by atoms with Gasteiger partial charge in [-0.1, -0.05) is 12.1 Å². The van der Waals surface area contributed by atoms with E-state index in [0.717, 1.165) is 11.6 Å². The Hall–Kier alpha value is -2.07. The van der Waals surface area contributed by atoms with Gasteiger partial charge < -0.3 is 15.2 Å². The average Bonchev–Trinajstić information content (AvgIpc) is 2.61. The van der Waals surface area contributed by atoms with E-state index < -0.39 is 33.3 Å². The molecule has 0 aliphatic rings. The second-order valence-corrected chi connectivity index (χ2v) is 9.20.